The van der Waals surface area contributed by atoms with Crippen LogP contribution in [0.25, 0.3) is 0 Å². The zero-order valence-corrected chi connectivity index (χ0v) is 12.1. The maximum atomic E-state index is 12.4. The van der Waals surface area contributed by atoms with E-state index >= 15 is 0 Å². The van der Waals surface area contributed by atoms with Gasteiger partial charge in [-0.3, -0.25) is 9.78 Å². The Kier molecular flexibility index (Phi) is 4.51. The van der Waals surface area contributed by atoms with Gasteiger partial charge in [-0.25, -0.2) is 0 Å². The van der Waals surface area contributed by atoms with Gasteiger partial charge in [-0.2, -0.15) is 0 Å². The second-order valence-electron chi connectivity index (χ2n) is 4.95. The predicted octanol–water partition coefficient (Wildman–Crippen LogP) is 3.83. The van der Waals surface area contributed by atoms with Crippen molar-refractivity contribution >= 4 is 5.78 Å². The van der Waals surface area contributed by atoms with Crippen LogP contribution in [0.2, 0.25) is 0 Å². The molecule has 0 N–H and O–H groups in total. The zero-order valence-electron chi connectivity index (χ0n) is 12.1. The molecule has 0 radical (unpaired) electrons. The molecule has 0 aliphatic carbocycles. The topological polar surface area (TPSA) is 39.2 Å². The number of pyridine rings is 1. The number of nitrogens with zero attached hydrogens (tertiary/aromatic N) is 1. The maximum Gasteiger partial charge on any atom is 0.194 e. The Morgan fingerprint density at radius 2 is 1.85 bits per heavy atom. The quantitative estimate of drug-likeness (QED) is 0.774. The highest BCUT2D eigenvalue weighted by Gasteiger charge is 2.11. The number of ketones is 1. The van der Waals surface area contributed by atoms with Crippen molar-refractivity contribution in [2.75, 3.05) is 6.61 Å². The monoisotopic (exact) mass is 269 g/mol. The molecular formula is C17H19NO2. The predicted molar refractivity (Wildman–Crippen MR) is 79.4 cm³/mol. The second-order valence-corrected chi connectivity index (χ2v) is 4.95. The third kappa shape index (κ3) is 3.23. The molecule has 0 saturated heterocycles. The molecule has 0 amide bonds. The van der Waals surface area contributed by atoms with Crippen molar-refractivity contribution in [1.29, 1.82) is 0 Å². The second kappa shape index (κ2) is 6.33. The van der Waals surface area contributed by atoms with E-state index in [2.05, 4.69) is 18.8 Å². The minimum Gasteiger partial charge on any atom is -0.492 e. The molecule has 0 aliphatic heterocycles. The average molecular weight is 269 g/mol. The normalized spacial score (nSPS) is 10.6. The molecule has 20 heavy (non-hydrogen) atoms. The first-order valence-corrected chi connectivity index (χ1v) is 6.84. The summed E-state index contributed by atoms with van der Waals surface area (Å²) in [6, 6.07) is 9.46. The van der Waals surface area contributed by atoms with Crippen LogP contribution in [0.15, 0.2) is 42.7 Å². The SMILES string of the molecule is CCOc1cncc(C(=O)c2ccc(C(C)C)cc2)c1. The largest absolute Gasteiger partial charge is 0.492 e. The molecule has 0 spiro atoms. The molecule has 3 heteroatoms. The van der Waals surface area contributed by atoms with Crippen LogP contribution in [0.5, 0.6) is 5.75 Å². The van der Waals surface area contributed by atoms with E-state index < -0.39 is 0 Å². The number of hydrogen-bond donors (Lipinski definition) is 0. The molecule has 3 nitrogen and oxygen atoms in total. The Hall–Kier alpha value is -2.16. The lowest BCUT2D eigenvalue weighted by atomic mass is 9.99. The van der Waals surface area contributed by atoms with E-state index in [1.54, 1.807) is 18.5 Å². The van der Waals surface area contributed by atoms with Gasteiger partial charge in [0.25, 0.3) is 0 Å². The van der Waals surface area contributed by atoms with E-state index in [1.807, 2.05) is 31.2 Å². The lowest BCUT2D eigenvalue weighted by molar-refractivity contribution is 0.103. The molecule has 1 aromatic heterocycles. The summed E-state index contributed by atoms with van der Waals surface area (Å²) >= 11 is 0. The zero-order chi connectivity index (χ0) is 14.5. The van der Waals surface area contributed by atoms with E-state index in [1.165, 1.54) is 5.56 Å². The van der Waals surface area contributed by atoms with Crippen LogP contribution in [0.1, 0.15) is 48.2 Å². The van der Waals surface area contributed by atoms with Crippen molar-refractivity contribution in [3.63, 3.8) is 0 Å². The number of rotatable bonds is 5. The van der Waals surface area contributed by atoms with Crippen molar-refractivity contribution < 1.29 is 9.53 Å². The minimum absolute atomic E-state index is 0.0330. The van der Waals surface area contributed by atoms with Gasteiger partial charge in [0.15, 0.2) is 5.78 Å². The van der Waals surface area contributed by atoms with Crippen LogP contribution in [0.3, 0.4) is 0 Å². The number of carbonyl (C=O) groups is 1. The Morgan fingerprint density at radius 3 is 2.45 bits per heavy atom. The summed E-state index contributed by atoms with van der Waals surface area (Å²) in [7, 11) is 0. The fraction of sp³-hybridized carbons (Fsp3) is 0.294. The summed E-state index contributed by atoms with van der Waals surface area (Å²) in [5.74, 6) is 1.05. The number of carbonyl (C=O) groups excluding carboxylic acids is 1. The summed E-state index contributed by atoms with van der Waals surface area (Å²) in [5, 5.41) is 0. The molecule has 0 atom stereocenters. The first-order valence-electron chi connectivity index (χ1n) is 6.84. The van der Waals surface area contributed by atoms with Crippen LogP contribution < -0.4 is 4.74 Å². The molecule has 1 heterocycles. The van der Waals surface area contributed by atoms with E-state index in [0.717, 1.165) is 0 Å². The molecule has 0 fully saturated rings. The number of aromatic nitrogens is 1. The van der Waals surface area contributed by atoms with Crippen molar-refractivity contribution in [1.82, 2.24) is 4.98 Å². The van der Waals surface area contributed by atoms with Crippen molar-refractivity contribution in [3.8, 4) is 5.75 Å². The van der Waals surface area contributed by atoms with Crippen LogP contribution in [-0.2, 0) is 0 Å². The Morgan fingerprint density at radius 1 is 1.15 bits per heavy atom. The van der Waals surface area contributed by atoms with Crippen LogP contribution in [0, 0.1) is 0 Å². The molecule has 0 aliphatic rings. The lowest BCUT2D eigenvalue weighted by Crippen LogP contribution is -2.03. The fourth-order valence-electron chi connectivity index (χ4n) is 1.97. The Bertz CT molecular complexity index is 588. The van der Waals surface area contributed by atoms with Gasteiger partial charge in [0.2, 0.25) is 0 Å². The van der Waals surface area contributed by atoms with Gasteiger partial charge >= 0.3 is 0 Å². The third-order valence-corrected chi connectivity index (χ3v) is 3.13. The van der Waals surface area contributed by atoms with Crippen LogP contribution in [0.4, 0.5) is 0 Å². The maximum absolute atomic E-state index is 12.4. The number of benzene rings is 1. The van der Waals surface area contributed by atoms with Crippen LogP contribution in [-0.4, -0.2) is 17.4 Å². The molecule has 0 saturated carbocycles. The van der Waals surface area contributed by atoms with E-state index in [9.17, 15) is 4.79 Å². The van der Waals surface area contributed by atoms with E-state index in [4.69, 9.17) is 4.74 Å². The van der Waals surface area contributed by atoms with Crippen molar-refractivity contribution in [3.05, 3.63) is 59.4 Å². The van der Waals surface area contributed by atoms with Gasteiger partial charge < -0.3 is 4.74 Å². The molecular weight excluding hydrogens is 250 g/mol. The van der Waals surface area contributed by atoms with Gasteiger partial charge in [-0.1, -0.05) is 38.1 Å². The Labute approximate surface area is 119 Å². The summed E-state index contributed by atoms with van der Waals surface area (Å²) in [6.45, 7) is 6.72. The van der Waals surface area contributed by atoms with Crippen LogP contribution >= 0.6 is 0 Å². The van der Waals surface area contributed by atoms with Crippen molar-refractivity contribution in [2.45, 2.75) is 26.7 Å². The third-order valence-electron chi connectivity index (χ3n) is 3.13. The van der Waals surface area contributed by atoms with Gasteiger partial charge in [0, 0.05) is 17.3 Å². The summed E-state index contributed by atoms with van der Waals surface area (Å²) in [6.07, 6.45) is 3.18. The average Bonchev–Trinajstić information content (AvgIpc) is 2.47. The molecule has 0 bridgehead atoms. The smallest absolute Gasteiger partial charge is 0.194 e. The van der Waals surface area contributed by atoms with Gasteiger partial charge in [-0.05, 0) is 24.5 Å². The Balaban J connectivity index is 2.24. The number of ether oxygens (including phenoxy) is 1. The first kappa shape index (κ1) is 14.3. The fourth-order valence-corrected chi connectivity index (χ4v) is 1.97. The van der Waals surface area contributed by atoms with Gasteiger partial charge in [0.05, 0.1) is 12.8 Å². The highest BCUT2D eigenvalue weighted by atomic mass is 16.5. The summed E-state index contributed by atoms with van der Waals surface area (Å²) in [4.78, 5) is 16.4. The van der Waals surface area contributed by atoms with Gasteiger partial charge in [-0.15, -0.1) is 0 Å². The van der Waals surface area contributed by atoms with Crippen molar-refractivity contribution in [2.24, 2.45) is 0 Å². The molecule has 1 aromatic carbocycles. The first-order chi connectivity index (χ1) is 9.61. The number of hydrogen-bond acceptors (Lipinski definition) is 3. The highest BCUT2D eigenvalue weighted by Crippen LogP contribution is 2.18. The van der Waals surface area contributed by atoms with E-state index in [0.29, 0.717) is 29.4 Å². The molecule has 2 rings (SSSR count). The summed E-state index contributed by atoms with van der Waals surface area (Å²) < 4.78 is 5.37. The minimum atomic E-state index is -0.0330. The highest BCUT2D eigenvalue weighted by molar-refractivity contribution is 6.09. The molecule has 0 unspecified atom stereocenters. The standard InChI is InChI=1S/C17H19NO2/c1-4-20-16-9-15(10-18-11-16)17(19)14-7-5-13(6-8-14)12(2)3/h5-12H,4H2,1-3H3. The van der Waals surface area contributed by atoms with E-state index in [-0.39, 0.29) is 5.78 Å². The van der Waals surface area contributed by atoms with Gasteiger partial charge in [0.1, 0.15) is 5.75 Å². The summed E-state index contributed by atoms with van der Waals surface area (Å²) in [5.41, 5.74) is 2.45. The lowest BCUT2D eigenvalue weighted by Gasteiger charge is -2.07. The molecule has 2 aromatic rings. The molecule has 104 valence electrons.